The van der Waals surface area contributed by atoms with Gasteiger partial charge in [0.2, 0.25) is 0 Å². The highest BCUT2D eigenvalue weighted by atomic mass is 15.3. The van der Waals surface area contributed by atoms with E-state index < -0.39 is 0 Å². The second-order valence-electron chi connectivity index (χ2n) is 5.89. The Morgan fingerprint density at radius 3 is 2.55 bits per heavy atom. The number of anilines is 1. The predicted octanol–water partition coefficient (Wildman–Crippen LogP) is 2.48. The molecule has 114 valence electrons. The summed E-state index contributed by atoms with van der Waals surface area (Å²) in [7, 11) is 0. The Bertz CT molecular complexity index is 675. The maximum Gasteiger partial charge on any atom is 0.140 e. The molecule has 0 atom stereocenters. The summed E-state index contributed by atoms with van der Waals surface area (Å²) in [5, 5.41) is 13.6. The molecule has 5 heteroatoms. The molecule has 0 radical (unpaired) electrons. The van der Waals surface area contributed by atoms with Gasteiger partial charge in [-0.1, -0.05) is 30.3 Å². The number of benzene rings is 1. The first-order chi connectivity index (χ1) is 10.7. The molecule has 3 rings (SSSR count). The molecule has 5 nitrogen and oxygen atoms in total. The number of nitrogen functional groups attached to an aromatic ring is 1. The van der Waals surface area contributed by atoms with E-state index in [-0.39, 0.29) is 0 Å². The van der Waals surface area contributed by atoms with Crippen LogP contribution in [0.15, 0.2) is 30.3 Å². The molecular formula is C17H21N5. The minimum Gasteiger partial charge on any atom is -0.383 e. The average Bonchev–Trinajstić information content (AvgIpc) is 2.83. The summed E-state index contributed by atoms with van der Waals surface area (Å²) in [5.74, 6) is 0.515. The lowest BCUT2D eigenvalue weighted by Gasteiger charge is -2.32. The van der Waals surface area contributed by atoms with Crippen molar-refractivity contribution in [3.8, 4) is 6.07 Å². The van der Waals surface area contributed by atoms with E-state index in [1.807, 2.05) is 17.7 Å². The number of hydrogen-bond donors (Lipinski definition) is 1. The lowest BCUT2D eigenvalue weighted by molar-refractivity contribution is 0.174. The van der Waals surface area contributed by atoms with Gasteiger partial charge >= 0.3 is 0 Å². The summed E-state index contributed by atoms with van der Waals surface area (Å²) >= 11 is 0. The summed E-state index contributed by atoms with van der Waals surface area (Å²) in [6.45, 7) is 4.89. The number of aromatic nitrogens is 2. The van der Waals surface area contributed by atoms with Crippen LogP contribution in [0.25, 0.3) is 0 Å². The smallest absolute Gasteiger partial charge is 0.140 e. The molecule has 0 bridgehead atoms. The number of likely N-dealkylation sites (tertiary alicyclic amines) is 1. The van der Waals surface area contributed by atoms with Gasteiger partial charge in [-0.05, 0) is 25.3 Å². The monoisotopic (exact) mass is 295 g/mol. The zero-order valence-corrected chi connectivity index (χ0v) is 12.9. The van der Waals surface area contributed by atoms with E-state index in [9.17, 15) is 0 Å². The highest BCUT2D eigenvalue weighted by Gasteiger charge is 2.24. The molecule has 0 spiro atoms. The van der Waals surface area contributed by atoms with Gasteiger partial charge in [-0.25, -0.2) is 4.68 Å². The van der Waals surface area contributed by atoms with Crippen LogP contribution in [0.2, 0.25) is 0 Å². The van der Waals surface area contributed by atoms with Crippen molar-refractivity contribution in [2.45, 2.75) is 32.4 Å². The molecule has 2 heterocycles. The van der Waals surface area contributed by atoms with Crippen LogP contribution in [0, 0.1) is 18.3 Å². The van der Waals surface area contributed by atoms with Crippen molar-refractivity contribution in [1.82, 2.24) is 14.7 Å². The molecule has 0 aliphatic carbocycles. The standard InChI is InChI=1S/C17H21N5/c1-13-16(11-18)17(19)22(20-13)15-7-9-21(10-8-15)12-14-5-3-2-4-6-14/h2-6,15H,7-10,12,19H2,1H3. The Morgan fingerprint density at radius 2 is 1.95 bits per heavy atom. The largest absolute Gasteiger partial charge is 0.383 e. The number of nitrogens with zero attached hydrogens (tertiary/aromatic N) is 4. The molecule has 22 heavy (non-hydrogen) atoms. The van der Waals surface area contributed by atoms with E-state index in [2.05, 4.69) is 40.3 Å². The van der Waals surface area contributed by atoms with Crippen molar-refractivity contribution in [2.24, 2.45) is 0 Å². The Labute approximate surface area is 131 Å². The lowest BCUT2D eigenvalue weighted by Crippen LogP contribution is -2.34. The van der Waals surface area contributed by atoms with Gasteiger partial charge in [0.1, 0.15) is 17.5 Å². The lowest BCUT2D eigenvalue weighted by atomic mass is 10.0. The molecule has 2 aromatic rings. The van der Waals surface area contributed by atoms with E-state index in [1.54, 1.807) is 0 Å². The minimum absolute atomic E-state index is 0.299. The van der Waals surface area contributed by atoms with Crippen molar-refractivity contribution in [3.63, 3.8) is 0 Å². The van der Waals surface area contributed by atoms with E-state index >= 15 is 0 Å². The Kier molecular flexibility index (Phi) is 4.12. The number of rotatable bonds is 3. The third-order valence-corrected chi connectivity index (χ3v) is 4.39. The molecule has 1 aromatic heterocycles. The van der Waals surface area contributed by atoms with Gasteiger partial charge in [-0.3, -0.25) is 4.90 Å². The van der Waals surface area contributed by atoms with Gasteiger partial charge in [0.05, 0.1) is 11.7 Å². The van der Waals surface area contributed by atoms with Crippen molar-refractivity contribution < 1.29 is 0 Å². The normalized spacial score (nSPS) is 16.5. The van der Waals surface area contributed by atoms with Crippen molar-refractivity contribution in [3.05, 3.63) is 47.2 Å². The van der Waals surface area contributed by atoms with Crippen LogP contribution in [-0.2, 0) is 6.54 Å². The SMILES string of the molecule is Cc1nn(C2CCN(Cc3ccccc3)CC2)c(N)c1C#N. The van der Waals surface area contributed by atoms with E-state index in [0.29, 0.717) is 17.4 Å². The Morgan fingerprint density at radius 1 is 1.27 bits per heavy atom. The Hall–Kier alpha value is -2.32. The second kappa shape index (κ2) is 6.20. The molecule has 1 fully saturated rings. The molecule has 0 unspecified atom stereocenters. The van der Waals surface area contributed by atoms with Crippen molar-refractivity contribution in [1.29, 1.82) is 5.26 Å². The fraction of sp³-hybridized carbons (Fsp3) is 0.412. The summed E-state index contributed by atoms with van der Waals surface area (Å²) in [4.78, 5) is 2.46. The molecular weight excluding hydrogens is 274 g/mol. The van der Waals surface area contributed by atoms with Gasteiger partial charge in [-0.2, -0.15) is 10.4 Å². The minimum atomic E-state index is 0.299. The highest BCUT2D eigenvalue weighted by molar-refractivity contribution is 5.51. The molecule has 1 saturated heterocycles. The number of nitriles is 1. The zero-order chi connectivity index (χ0) is 15.5. The van der Waals surface area contributed by atoms with Gasteiger partial charge < -0.3 is 5.73 Å². The van der Waals surface area contributed by atoms with Gasteiger partial charge in [0, 0.05) is 19.6 Å². The topological polar surface area (TPSA) is 70.9 Å². The van der Waals surface area contributed by atoms with Crippen LogP contribution < -0.4 is 5.73 Å². The zero-order valence-electron chi connectivity index (χ0n) is 12.9. The molecule has 1 aliphatic heterocycles. The van der Waals surface area contributed by atoms with Crippen LogP contribution in [0.1, 0.15) is 35.7 Å². The first-order valence-corrected chi connectivity index (χ1v) is 7.70. The first-order valence-electron chi connectivity index (χ1n) is 7.70. The number of aryl methyl sites for hydroxylation is 1. The van der Waals surface area contributed by atoms with Gasteiger partial charge in [0.15, 0.2) is 0 Å². The third-order valence-electron chi connectivity index (χ3n) is 4.39. The van der Waals surface area contributed by atoms with Crippen molar-refractivity contribution in [2.75, 3.05) is 18.8 Å². The number of nitrogens with two attached hydrogens (primary N) is 1. The van der Waals surface area contributed by atoms with Crippen LogP contribution in [-0.4, -0.2) is 27.8 Å². The fourth-order valence-electron chi connectivity index (χ4n) is 3.15. The quantitative estimate of drug-likeness (QED) is 0.944. The maximum atomic E-state index is 9.13. The summed E-state index contributed by atoms with van der Waals surface area (Å²) in [6, 6.07) is 13.0. The van der Waals surface area contributed by atoms with E-state index in [0.717, 1.165) is 38.2 Å². The molecule has 1 aromatic carbocycles. The van der Waals surface area contributed by atoms with E-state index in [4.69, 9.17) is 11.0 Å². The first kappa shape index (κ1) is 14.6. The van der Waals surface area contributed by atoms with Crippen LogP contribution >= 0.6 is 0 Å². The molecule has 0 saturated carbocycles. The number of hydrogen-bond acceptors (Lipinski definition) is 4. The van der Waals surface area contributed by atoms with Crippen molar-refractivity contribution >= 4 is 5.82 Å². The molecule has 0 amide bonds. The Balaban J connectivity index is 1.64. The average molecular weight is 295 g/mol. The number of piperidine rings is 1. The second-order valence-corrected chi connectivity index (χ2v) is 5.89. The highest BCUT2D eigenvalue weighted by Crippen LogP contribution is 2.27. The van der Waals surface area contributed by atoms with Crippen LogP contribution in [0.3, 0.4) is 0 Å². The maximum absolute atomic E-state index is 9.13. The van der Waals surface area contributed by atoms with Gasteiger partial charge in [-0.15, -0.1) is 0 Å². The summed E-state index contributed by atoms with van der Waals surface area (Å²) < 4.78 is 1.85. The molecule has 2 N–H and O–H groups in total. The summed E-state index contributed by atoms with van der Waals surface area (Å²) in [5.41, 5.74) is 8.67. The van der Waals surface area contributed by atoms with Crippen LogP contribution in [0.5, 0.6) is 0 Å². The molecule has 1 aliphatic rings. The third kappa shape index (κ3) is 2.83. The van der Waals surface area contributed by atoms with Crippen LogP contribution in [0.4, 0.5) is 5.82 Å². The van der Waals surface area contributed by atoms with E-state index in [1.165, 1.54) is 5.56 Å². The van der Waals surface area contributed by atoms with Gasteiger partial charge in [0.25, 0.3) is 0 Å². The predicted molar refractivity (Wildman–Crippen MR) is 86.1 cm³/mol. The summed E-state index contributed by atoms with van der Waals surface area (Å²) in [6.07, 6.45) is 2.03. The fourth-order valence-corrected chi connectivity index (χ4v) is 3.15.